The van der Waals surface area contributed by atoms with E-state index >= 15 is 0 Å². The third-order valence-corrected chi connectivity index (χ3v) is 5.16. The summed E-state index contributed by atoms with van der Waals surface area (Å²) in [6, 6.07) is 5.79. The molecule has 1 aromatic rings. The average molecular weight is 301 g/mol. The second-order valence-corrected chi connectivity index (χ2v) is 6.66. The van der Waals surface area contributed by atoms with Crippen LogP contribution in [0.25, 0.3) is 0 Å². The zero-order valence-electron chi connectivity index (χ0n) is 11.6. The lowest BCUT2D eigenvalue weighted by atomic mass is 9.88. The number of hydrogen-bond acceptors (Lipinski definition) is 2. The van der Waals surface area contributed by atoms with Crippen LogP contribution in [0.3, 0.4) is 0 Å². The van der Waals surface area contributed by atoms with Crippen LogP contribution < -0.4 is 5.73 Å². The monoisotopic (exact) mass is 300 g/mol. The Morgan fingerprint density at radius 3 is 2.53 bits per heavy atom. The SMILES string of the molecule is CC(C)(C(N)Cc1cccc(Cl)c1Cl)N1CCCC1. The maximum Gasteiger partial charge on any atom is 0.0624 e. The molecule has 0 aliphatic carbocycles. The fourth-order valence-electron chi connectivity index (χ4n) is 2.72. The maximum atomic E-state index is 6.44. The molecule has 1 atom stereocenters. The van der Waals surface area contributed by atoms with Crippen molar-refractivity contribution in [2.75, 3.05) is 13.1 Å². The first-order chi connectivity index (χ1) is 8.93. The van der Waals surface area contributed by atoms with Crippen molar-refractivity contribution in [3.8, 4) is 0 Å². The summed E-state index contributed by atoms with van der Waals surface area (Å²) >= 11 is 12.3. The van der Waals surface area contributed by atoms with Gasteiger partial charge in [-0.3, -0.25) is 4.90 Å². The molecule has 106 valence electrons. The van der Waals surface area contributed by atoms with Crippen LogP contribution in [0.5, 0.6) is 0 Å². The molecule has 0 saturated carbocycles. The zero-order valence-corrected chi connectivity index (χ0v) is 13.1. The zero-order chi connectivity index (χ0) is 14.0. The van der Waals surface area contributed by atoms with Gasteiger partial charge < -0.3 is 5.73 Å². The van der Waals surface area contributed by atoms with E-state index in [9.17, 15) is 0 Å². The van der Waals surface area contributed by atoms with Gasteiger partial charge in [0.2, 0.25) is 0 Å². The number of likely N-dealkylation sites (tertiary alicyclic amines) is 1. The van der Waals surface area contributed by atoms with Crippen molar-refractivity contribution < 1.29 is 0 Å². The highest BCUT2D eigenvalue weighted by Crippen LogP contribution is 2.30. The second-order valence-electron chi connectivity index (χ2n) is 5.87. The highest BCUT2D eigenvalue weighted by molar-refractivity contribution is 6.42. The van der Waals surface area contributed by atoms with Crippen LogP contribution in [0.2, 0.25) is 10.0 Å². The molecule has 2 nitrogen and oxygen atoms in total. The van der Waals surface area contributed by atoms with Gasteiger partial charge in [0.1, 0.15) is 0 Å². The summed E-state index contributed by atoms with van der Waals surface area (Å²) in [4.78, 5) is 2.48. The summed E-state index contributed by atoms with van der Waals surface area (Å²) in [5, 5.41) is 1.24. The van der Waals surface area contributed by atoms with Crippen LogP contribution in [0.4, 0.5) is 0 Å². The van der Waals surface area contributed by atoms with Gasteiger partial charge in [-0.05, 0) is 57.8 Å². The van der Waals surface area contributed by atoms with Gasteiger partial charge in [-0.25, -0.2) is 0 Å². The predicted molar refractivity (Wildman–Crippen MR) is 83.0 cm³/mol. The van der Waals surface area contributed by atoms with Gasteiger partial charge >= 0.3 is 0 Å². The number of nitrogens with zero attached hydrogens (tertiary/aromatic N) is 1. The first-order valence-corrected chi connectivity index (χ1v) is 7.62. The molecule has 0 spiro atoms. The Hall–Kier alpha value is -0.280. The van der Waals surface area contributed by atoms with Crippen molar-refractivity contribution in [1.82, 2.24) is 4.90 Å². The fourth-order valence-corrected chi connectivity index (χ4v) is 3.12. The van der Waals surface area contributed by atoms with Crippen LogP contribution in [0, 0.1) is 0 Å². The van der Waals surface area contributed by atoms with Gasteiger partial charge in [0.15, 0.2) is 0 Å². The molecular formula is C15H22Cl2N2. The molecule has 1 saturated heterocycles. The molecule has 1 aromatic carbocycles. The van der Waals surface area contributed by atoms with Crippen molar-refractivity contribution >= 4 is 23.2 Å². The number of hydrogen-bond donors (Lipinski definition) is 1. The minimum atomic E-state index is -0.0118. The Kier molecular flexibility index (Phi) is 4.78. The summed E-state index contributed by atoms with van der Waals surface area (Å²) in [5.74, 6) is 0. The summed E-state index contributed by atoms with van der Waals surface area (Å²) in [5.41, 5.74) is 7.46. The maximum absolute atomic E-state index is 6.44. The van der Waals surface area contributed by atoms with E-state index in [1.54, 1.807) is 0 Å². The van der Waals surface area contributed by atoms with E-state index in [1.165, 1.54) is 12.8 Å². The molecule has 1 unspecified atom stereocenters. The van der Waals surface area contributed by atoms with E-state index < -0.39 is 0 Å². The molecule has 0 bridgehead atoms. The quantitative estimate of drug-likeness (QED) is 0.918. The van der Waals surface area contributed by atoms with Gasteiger partial charge in [0.25, 0.3) is 0 Å². The largest absolute Gasteiger partial charge is 0.326 e. The van der Waals surface area contributed by atoms with Crippen molar-refractivity contribution in [3.63, 3.8) is 0 Å². The Morgan fingerprint density at radius 1 is 1.26 bits per heavy atom. The Balaban J connectivity index is 2.11. The summed E-state index contributed by atoms with van der Waals surface area (Å²) < 4.78 is 0. The topological polar surface area (TPSA) is 29.3 Å². The fraction of sp³-hybridized carbons (Fsp3) is 0.600. The van der Waals surface area contributed by atoms with Crippen LogP contribution in [-0.2, 0) is 6.42 Å². The highest BCUT2D eigenvalue weighted by Gasteiger charge is 2.34. The number of benzene rings is 1. The van der Waals surface area contributed by atoms with Crippen LogP contribution >= 0.6 is 23.2 Å². The Morgan fingerprint density at radius 2 is 1.89 bits per heavy atom. The Bertz CT molecular complexity index is 440. The average Bonchev–Trinajstić information content (AvgIpc) is 2.89. The van der Waals surface area contributed by atoms with Crippen molar-refractivity contribution in [1.29, 1.82) is 0 Å². The Labute approximate surface area is 125 Å². The molecule has 1 heterocycles. The van der Waals surface area contributed by atoms with Gasteiger partial charge in [-0.2, -0.15) is 0 Å². The predicted octanol–water partition coefficient (Wildman–Crippen LogP) is 3.74. The minimum absolute atomic E-state index is 0.0118. The molecule has 1 aliphatic heterocycles. The number of nitrogens with two attached hydrogens (primary N) is 1. The van der Waals surface area contributed by atoms with E-state index in [0.29, 0.717) is 10.0 Å². The molecule has 0 aromatic heterocycles. The van der Waals surface area contributed by atoms with E-state index in [-0.39, 0.29) is 11.6 Å². The van der Waals surface area contributed by atoms with Crippen LogP contribution in [0.1, 0.15) is 32.3 Å². The molecule has 4 heteroatoms. The molecule has 19 heavy (non-hydrogen) atoms. The van der Waals surface area contributed by atoms with Gasteiger partial charge in [-0.15, -0.1) is 0 Å². The third-order valence-electron chi connectivity index (χ3n) is 4.30. The van der Waals surface area contributed by atoms with E-state index in [0.717, 1.165) is 25.1 Å². The lowest BCUT2D eigenvalue weighted by Gasteiger charge is -2.40. The number of halogens is 2. The normalized spacial score (nSPS) is 18.8. The van der Waals surface area contributed by atoms with E-state index in [1.807, 2.05) is 18.2 Å². The second kappa shape index (κ2) is 6.01. The molecule has 0 amide bonds. The lowest BCUT2D eigenvalue weighted by Crippen LogP contribution is -2.56. The summed E-state index contributed by atoms with van der Waals surface area (Å²) in [7, 11) is 0. The van der Waals surface area contributed by atoms with Crippen molar-refractivity contribution in [3.05, 3.63) is 33.8 Å². The van der Waals surface area contributed by atoms with Gasteiger partial charge in [0.05, 0.1) is 10.0 Å². The lowest BCUT2D eigenvalue weighted by molar-refractivity contribution is 0.123. The first kappa shape index (κ1) is 15.1. The smallest absolute Gasteiger partial charge is 0.0624 e. The molecule has 0 radical (unpaired) electrons. The first-order valence-electron chi connectivity index (χ1n) is 6.86. The molecule has 1 fully saturated rings. The van der Waals surface area contributed by atoms with E-state index in [4.69, 9.17) is 28.9 Å². The van der Waals surface area contributed by atoms with Crippen molar-refractivity contribution in [2.45, 2.75) is 44.7 Å². The third kappa shape index (κ3) is 3.25. The highest BCUT2D eigenvalue weighted by atomic mass is 35.5. The number of rotatable bonds is 4. The molecule has 2 rings (SSSR count). The van der Waals surface area contributed by atoms with Crippen LogP contribution in [-0.4, -0.2) is 29.6 Å². The van der Waals surface area contributed by atoms with Crippen molar-refractivity contribution in [2.24, 2.45) is 5.73 Å². The molecule has 2 N–H and O–H groups in total. The molecular weight excluding hydrogens is 279 g/mol. The minimum Gasteiger partial charge on any atom is -0.326 e. The van der Waals surface area contributed by atoms with Gasteiger partial charge in [0, 0.05) is 11.6 Å². The summed E-state index contributed by atoms with van der Waals surface area (Å²) in [6.07, 6.45) is 3.30. The standard InChI is InChI=1S/C15H22Cl2N2/c1-15(2,19-8-3-4-9-19)13(18)10-11-6-5-7-12(16)14(11)17/h5-7,13H,3-4,8-10,18H2,1-2H3. The van der Waals surface area contributed by atoms with Crippen LogP contribution in [0.15, 0.2) is 18.2 Å². The molecule has 1 aliphatic rings. The van der Waals surface area contributed by atoms with Gasteiger partial charge in [-0.1, -0.05) is 35.3 Å². The van der Waals surface area contributed by atoms with E-state index in [2.05, 4.69) is 18.7 Å². The summed E-state index contributed by atoms with van der Waals surface area (Å²) in [6.45, 7) is 6.73.